The monoisotopic (exact) mass is 694 g/mol. The van der Waals surface area contributed by atoms with Gasteiger partial charge in [-0.2, -0.15) is 21.8 Å². The van der Waals surface area contributed by atoms with Crippen LogP contribution in [0.25, 0.3) is 0 Å². The highest BCUT2D eigenvalue weighted by molar-refractivity contribution is 7.87. The van der Waals surface area contributed by atoms with Gasteiger partial charge in [-0.25, -0.2) is 4.99 Å². The highest BCUT2D eigenvalue weighted by Crippen LogP contribution is 2.34. The summed E-state index contributed by atoms with van der Waals surface area (Å²) in [6.07, 6.45) is 0. The second-order valence-corrected chi connectivity index (χ2v) is 14.1. The van der Waals surface area contributed by atoms with Crippen LogP contribution in [0.5, 0.6) is 11.5 Å². The molecule has 3 aromatic carbocycles. The van der Waals surface area contributed by atoms with E-state index in [4.69, 9.17) is 36.5 Å². The van der Waals surface area contributed by atoms with E-state index in [0.29, 0.717) is 27.6 Å². The number of benzene rings is 3. The lowest BCUT2D eigenvalue weighted by atomic mass is 10.1. The van der Waals surface area contributed by atoms with Crippen molar-refractivity contribution in [1.82, 2.24) is 4.90 Å². The lowest BCUT2D eigenvalue weighted by Gasteiger charge is -2.38. The van der Waals surface area contributed by atoms with Crippen molar-refractivity contribution < 1.29 is 35.1 Å². The molecule has 0 radical (unpaired) electrons. The van der Waals surface area contributed by atoms with Gasteiger partial charge in [-0.05, 0) is 74.9 Å². The van der Waals surface area contributed by atoms with Gasteiger partial charge < -0.3 is 25.3 Å². The predicted octanol–water partition coefficient (Wildman–Crippen LogP) is 3.47. The van der Waals surface area contributed by atoms with Crippen LogP contribution in [0.2, 0.25) is 5.02 Å². The molecule has 14 nitrogen and oxygen atoms in total. The molecular weight excluding hydrogens is 660 g/mol. The molecule has 0 aromatic heterocycles. The fraction of sp³-hybridized carbons (Fsp3) is 0.276. The van der Waals surface area contributed by atoms with Crippen LogP contribution in [0.4, 0.5) is 5.69 Å². The van der Waals surface area contributed by atoms with Gasteiger partial charge in [-0.1, -0.05) is 29.8 Å². The van der Waals surface area contributed by atoms with Crippen LogP contribution in [0.3, 0.4) is 0 Å². The van der Waals surface area contributed by atoms with E-state index in [1.807, 2.05) is 13.8 Å². The Morgan fingerprint density at radius 2 is 1.65 bits per heavy atom. The fourth-order valence-electron chi connectivity index (χ4n) is 4.02. The first-order valence-electron chi connectivity index (χ1n) is 13.6. The van der Waals surface area contributed by atoms with Gasteiger partial charge in [-0.15, -0.1) is 0 Å². The first kappa shape index (κ1) is 36.1. The zero-order valence-corrected chi connectivity index (χ0v) is 28.1. The Morgan fingerprint density at radius 1 is 1.02 bits per heavy atom. The van der Waals surface area contributed by atoms with E-state index in [9.17, 15) is 21.6 Å². The molecule has 0 saturated heterocycles. The van der Waals surface area contributed by atoms with Crippen LogP contribution >= 0.6 is 11.6 Å². The van der Waals surface area contributed by atoms with Crippen molar-refractivity contribution in [1.29, 1.82) is 0 Å². The van der Waals surface area contributed by atoms with Crippen LogP contribution in [0.15, 0.2) is 81.6 Å². The third-order valence-corrected chi connectivity index (χ3v) is 8.52. The third-order valence-electron chi connectivity index (χ3n) is 6.23. The van der Waals surface area contributed by atoms with Gasteiger partial charge in [0.05, 0.1) is 10.8 Å². The average Bonchev–Trinajstić information content (AvgIpc) is 2.95. The van der Waals surface area contributed by atoms with Gasteiger partial charge in [0.25, 0.3) is 16.0 Å². The minimum atomic E-state index is -4.13. The number of halogens is 1. The zero-order valence-electron chi connectivity index (χ0n) is 25.7. The maximum absolute atomic E-state index is 12.8. The standard InChI is InChI=1S/C27H29ClN6O5S.C2H6O3S/c1-27(2)32-25(29)31-26(30)34(27)19-10-13-23(22(28)15-19)38-16-17-8-11-21(12-9-17)40(36,37)39-20-7-5-6-18(14-20)24(35)33(3)4;1-2-6(3,4)5/h5-15H,16H2,1-4H3,(H4,29,30,31,32);2H2,1H3,(H,3,4,5). The van der Waals surface area contributed by atoms with Crippen LogP contribution < -0.4 is 25.3 Å². The molecule has 0 saturated carbocycles. The maximum atomic E-state index is 12.8. The number of anilines is 1. The quantitative estimate of drug-likeness (QED) is 0.218. The molecular formula is C29H35ClN6O8S2. The first-order valence-corrected chi connectivity index (χ1v) is 16.9. The Morgan fingerprint density at radius 3 is 2.20 bits per heavy atom. The molecule has 46 heavy (non-hydrogen) atoms. The largest absolute Gasteiger partial charge is 0.487 e. The molecule has 0 fully saturated rings. The summed E-state index contributed by atoms with van der Waals surface area (Å²) in [4.78, 5) is 23.6. The van der Waals surface area contributed by atoms with Crippen molar-refractivity contribution in [2.45, 2.75) is 37.9 Å². The average molecular weight is 695 g/mol. The van der Waals surface area contributed by atoms with E-state index in [2.05, 4.69) is 9.98 Å². The van der Waals surface area contributed by atoms with Gasteiger partial charge >= 0.3 is 10.1 Å². The van der Waals surface area contributed by atoms with E-state index in [0.717, 1.165) is 0 Å². The SMILES string of the molecule is CCS(=O)(=O)O.CN(C)C(=O)c1cccc(OS(=O)(=O)c2ccc(COc3ccc(N4C(N)=NC(N)=NC4(C)C)cc3Cl)cc2)c1. The highest BCUT2D eigenvalue weighted by atomic mass is 35.5. The number of aliphatic imine (C=N–C) groups is 2. The summed E-state index contributed by atoms with van der Waals surface area (Å²) in [7, 11) is -4.58. The van der Waals surface area contributed by atoms with Crippen molar-refractivity contribution in [2.24, 2.45) is 21.5 Å². The summed E-state index contributed by atoms with van der Waals surface area (Å²) in [6, 6.07) is 17.2. The zero-order chi connectivity index (χ0) is 34.4. The summed E-state index contributed by atoms with van der Waals surface area (Å²) < 4.78 is 63.6. The van der Waals surface area contributed by atoms with Gasteiger partial charge in [0.1, 0.15) is 28.7 Å². The Labute approximate surface area is 273 Å². The van der Waals surface area contributed by atoms with Crippen LogP contribution in [-0.4, -0.2) is 69.6 Å². The van der Waals surface area contributed by atoms with E-state index in [1.54, 1.807) is 61.5 Å². The van der Waals surface area contributed by atoms with Crippen LogP contribution in [-0.2, 0) is 26.8 Å². The summed E-state index contributed by atoms with van der Waals surface area (Å²) in [5, 5.41) is 0.339. The van der Waals surface area contributed by atoms with Gasteiger partial charge in [-0.3, -0.25) is 14.2 Å². The molecule has 17 heteroatoms. The highest BCUT2D eigenvalue weighted by Gasteiger charge is 2.33. The molecule has 0 bridgehead atoms. The van der Waals surface area contributed by atoms with Crippen molar-refractivity contribution in [3.05, 3.63) is 82.9 Å². The number of nitrogens with two attached hydrogens (primary N) is 2. The molecule has 1 aliphatic rings. The second-order valence-electron chi connectivity index (χ2n) is 10.5. The van der Waals surface area contributed by atoms with E-state index in [1.165, 1.54) is 36.1 Å². The molecule has 3 aromatic rings. The van der Waals surface area contributed by atoms with Gasteiger partial charge in [0.15, 0.2) is 0 Å². The first-order chi connectivity index (χ1) is 21.3. The topological polar surface area (TPSA) is 207 Å². The van der Waals surface area contributed by atoms with Crippen molar-refractivity contribution in [2.75, 3.05) is 24.7 Å². The minimum Gasteiger partial charge on any atom is -0.487 e. The van der Waals surface area contributed by atoms with Crippen LogP contribution in [0.1, 0.15) is 36.7 Å². The molecule has 1 heterocycles. The molecule has 248 valence electrons. The second kappa shape index (κ2) is 14.4. The third kappa shape index (κ3) is 9.56. The number of carbonyl (C=O) groups excluding carboxylic acids is 1. The van der Waals surface area contributed by atoms with E-state index >= 15 is 0 Å². The molecule has 0 atom stereocenters. The summed E-state index contributed by atoms with van der Waals surface area (Å²) in [6.45, 7) is 5.19. The number of guanidine groups is 2. The molecule has 1 aliphatic heterocycles. The van der Waals surface area contributed by atoms with E-state index in [-0.39, 0.29) is 40.8 Å². The molecule has 4 rings (SSSR count). The smallest absolute Gasteiger partial charge is 0.339 e. The Bertz CT molecular complexity index is 1860. The molecule has 0 spiro atoms. The summed E-state index contributed by atoms with van der Waals surface area (Å²) in [5.74, 6) is 0.277. The molecule has 0 unspecified atom stereocenters. The molecule has 5 N–H and O–H groups in total. The Balaban J connectivity index is 0.000000875. The van der Waals surface area contributed by atoms with Crippen molar-refractivity contribution in [3.63, 3.8) is 0 Å². The maximum Gasteiger partial charge on any atom is 0.339 e. The Kier molecular flexibility index (Phi) is 11.3. The number of nitrogens with zero attached hydrogens (tertiary/aromatic N) is 4. The van der Waals surface area contributed by atoms with E-state index < -0.39 is 25.9 Å². The predicted molar refractivity (Wildman–Crippen MR) is 176 cm³/mol. The Hall–Kier alpha value is -4.38. The number of carbonyl (C=O) groups is 1. The normalized spacial score (nSPS) is 14.3. The summed E-state index contributed by atoms with van der Waals surface area (Å²) >= 11 is 6.48. The number of hydrogen-bond donors (Lipinski definition) is 3. The molecule has 1 amide bonds. The van der Waals surface area contributed by atoms with Crippen LogP contribution in [0, 0.1) is 0 Å². The van der Waals surface area contributed by atoms with Crippen molar-refractivity contribution in [3.8, 4) is 11.5 Å². The minimum absolute atomic E-state index is 0.0365. The number of amides is 1. The van der Waals surface area contributed by atoms with Gasteiger partial charge in [0.2, 0.25) is 11.9 Å². The lowest BCUT2D eigenvalue weighted by Crippen LogP contribution is -2.54. The number of rotatable bonds is 9. The number of hydrogen-bond acceptors (Lipinski definition) is 12. The molecule has 0 aliphatic carbocycles. The summed E-state index contributed by atoms with van der Waals surface area (Å²) in [5.41, 5.74) is 12.7. The fourth-order valence-corrected chi connectivity index (χ4v) is 5.18. The number of ether oxygens (including phenoxy) is 1. The van der Waals surface area contributed by atoms with Gasteiger partial charge in [0, 0.05) is 25.3 Å². The van der Waals surface area contributed by atoms with Crippen molar-refractivity contribution >= 4 is 55.4 Å². The lowest BCUT2D eigenvalue weighted by molar-refractivity contribution is 0.0827.